The van der Waals surface area contributed by atoms with Crippen LogP contribution < -0.4 is 4.72 Å². The lowest BCUT2D eigenvalue weighted by molar-refractivity contribution is 0.285. The Balaban J connectivity index is 2.30. The summed E-state index contributed by atoms with van der Waals surface area (Å²) in [5.74, 6) is 0. The number of anilines is 1. The van der Waals surface area contributed by atoms with Gasteiger partial charge in [0.05, 0.1) is 22.2 Å². The lowest BCUT2D eigenvalue weighted by Gasteiger charge is -2.07. The van der Waals surface area contributed by atoms with Crippen molar-refractivity contribution in [2.45, 2.75) is 11.5 Å². The molecule has 1 aromatic carbocycles. The number of thiophene rings is 1. The zero-order chi connectivity index (χ0) is 13.2. The number of hydrogen-bond acceptors (Lipinski definition) is 4. The fourth-order valence-corrected chi connectivity index (χ4v) is 3.78. The van der Waals surface area contributed by atoms with E-state index in [2.05, 4.69) is 4.72 Å². The quantitative estimate of drug-likeness (QED) is 0.912. The Hall–Kier alpha value is -1.08. The smallest absolute Gasteiger partial charge is 0.262 e. The van der Waals surface area contributed by atoms with Crippen LogP contribution in [0.5, 0.6) is 0 Å². The maximum Gasteiger partial charge on any atom is 0.262 e. The molecule has 2 N–H and O–H groups in total. The molecule has 0 spiro atoms. The van der Waals surface area contributed by atoms with E-state index in [0.717, 1.165) is 0 Å². The zero-order valence-corrected chi connectivity index (χ0v) is 11.5. The summed E-state index contributed by atoms with van der Waals surface area (Å²) >= 11 is 7.07. The summed E-state index contributed by atoms with van der Waals surface area (Å²) in [7, 11) is -3.66. The van der Waals surface area contributed by atoms with E-state index in [-0.39, 0.29) is 11.5 Å². The number of para-hydroxylation sites is 1. The van der Waals surface area contributed by atoms with E-state index in [9.17, 15) is 8.42 Å². The van der Waals surface area contributed by atoms with Crippen molar-refractivity contribution in [2.75, 3.05) is 4.72 Å². The molecule has 0 bridgehead atoms. The first-order chi connectivity index (χ1) is 8.53. The molecule has 0 fully saturated rings. The van der Waals surface area contributed by atoms with Gasteiger partial charge in [-0.05, 0) is 18.2 Å². The standard InChI is InChI=1S/C11H10ClNO3S2/c12-10-3-1-2-4-11(10)13-18(15,16)9-5-8(6-14)17-7-9/h1-5,7,13-14H,6H2. The van der Waals surface area contributed by atoms with Crippen LogP contribution in [0.4, 0.5) is 5.69 Å². The third kappa shape index (κ3) is 2.84. The van der Waals surface area contributed by atoms with Gasteiger partial charge in [0, 0.05) is 10.3 Å². The lowest BCUT2D eigenvalue weighted by Crippen LogP contribution is -2.12. The molecule has 0 unspecified atom stereocenters. The number of sulfonamides is 1. The summed E-state index contributed by atoms with van der Waals surface area (Å²) in [6, 6.07) is 8.03. The van der Waals surface area contributed by atoms with Gasteiger partial charge in [-0.2, -0.15) is 0 Å². The van der Waals surface area contributed by atoms with E-state index in [0.29, 0.717) is 15.6 Å². The van der Waals surface area contributed by atoms with Gasteiger partial charge in [0.2, 0.25) is 0 Å². The van der Waals surface area contributed by atoms with E-state index >= 15 is 0 Å². The molecule has 0 atom stereocenters. The maximum absolute atomic E-state index is 12.0. The second kappa shape index (κ2) is 5.27. The minimum absolute atomic E-state index is 0.122. The lowest BCUT2D eigenvalue weighted by atomic mass is 10.3. The summed E-state index contributed by atoms with van der Waals surface area (Å²) in [6.45, 7) is -0.174. The summed E-state index contributed by atoms with van der Waals surface area (Å²) in [5.41, 5.74) is 0.330. The Labute approximate surface area is 114 Å². The van der Waals surface area contributed by atoms with Crippen molar-refractivity contribution in [3.8, 4) is 0 Å². The van der Waals surface area contributed by atoms with Crippen molar-refractivity contribution in [2.24, 2.45) is 0 Å². The van der Waals surface area contributed by atoms with Gasteiger partial charge in [0.25, 0.3) is 10.0 Å². The Morgan fingerprint density at radius 2 is 2.06 bits per heavy atom. The van der Waals surface area contributed by atoms with Crippen molar-refractivity contribution in [1.29, 1.82) is 0 Å². The molecule has 0 aliphatic rings. The Morgan fingerprint density at radius 3 is 2.67 bits per heavy atom. The fourth-order valence-electron chi connectivity index (χ4n) is 1.33. The molecule has 18 heavy (non-hydrogen) atoms. The number of benzene rings is 1. The van der Waals surface area contributed by atoms with Crippen LogP contribution in [0.1, 0.15) is 4.88 Å². The van der Waals surface area contributed by atoms with E-state index in [1.165, 1.54) is 22.8 Å². The molecule has 7 heteroatoms. The van der Waals surface area contributed by atoms with Gasteiger partial charge in [-0.15, -0.1) is 11.3 Å². The highest BCUT2D eigenvalue weighted by molar-refractivity contribution is 7.92. The van der Waals surface area contributed by atoms with Crippen molar-refractivity contribution >= 4 is 38.6 Å². The third-order valence-corrected chi connectivity index (χ3v) is 4.96. The second-order valence-corrected chi connectivity index (χ2v) is 6.58. The number of halogens is 1. The van der Waals surface area contributed by atoms with E-state index < -0.39 is 10.0 Å². The van der Waals surface area contributed by atoms with E-state index in [1.807, 2.05) is 0 Å². The van der Waals surface area contributed by atoms with Crippen molar-refractivity contribution in [3.63, 3.8) is 0 Å². The third-order valence-electron chi connectivity index (χ3n) is 2.21. The average Bonchev–Trinajstić information content (AvgIpc) is 2.81. The molecular weight excluding hydrogens is 294 g/mol. The first-order valence-corrected chi connectivity index (χ1v) is 7.72. The zero-order valence-electron chi connectivity index (χ0n) is 9.13. The number of aliphatic hydroxyl groups excluding tert-OH is 1. The summed E-state index contributed by atoms with van der Waals surface area (Å²) in [5, 5.41) is 10.7. The fraction of sp³-hybridized carbons (Fsp3) is 0.0909. The SMILES string of the molecule is O=S(=O)(Nc1ccccc1Cl)c1csc(CO)c1. The van der Waals surface area contributed by atoms with Crippen LogP contribution in [-0.4, -0.2) is 13.5 Å². The summed E-state index contributed by atoms with van der Waals surface area (Å²) < 4.78 is 26.5. The normalized spacial score (nSPS) is 11.4. The largest absolute Gasteiger partial charge is 0.391 e. The van der Waals surface area contributed by atoms with Crippen LogP contribution in [-0.2, 0) is 16.6 Å². The molecule has 2 aromatic rings. The van der Waals surface area contributed by atoms with Crippen LogP contribution in [0.3, 0.4) is 0 Å². The molecular formula is C11H10ClNO3S2. The monoisotopic (exact) mass is 303 g/mol. The van der Waals surface area contributed by atoms with Gasteiger partial charge in [-0.25, -0.2) is 8.42 Å². The molecule has 1 heterocycles. The molecule has 0 aliphatic carbocycles. The second-order valence-electron chi connectivity index (χ2n) is 3.49. The molecule has 0 saturated heterocycles. The highest BCUT2D eigenvalue weighted by Gasteiger charge is 2.17. The molecule has 0 aliphatic heterocycles. The minimum atomic E-state index is -3.66. The summed E-state index contributed by atoms with van der Waals surface area (Å²) in [6.07, 6.45) is 0. The molecule has 0 radical (unpaired) electrons. The van der Waals surface area contributed by atoms with Crippen LogP contribution in [0.25, 0.3) is 0 Å². The van der Waals surface area contributed by atoms with Crippen molar-refractivity contribution < 1.29 is 13.5 Å². The predicted octanol–water partition coefficient (Wildman–Crippen LogP) is 2.69. The van der Waals surface area contributed by atoms with Gasteiger partial charge >= 0.3 is 0 Å². The van der Waals surface area contributed by atoms with E-state index in [1.54, 1.807) is 24.3 Å². The molecule has 1 aromatic heterocycles. The highest BCUT2D eigenvalue weighted by atomic mass is 35.5. The highest BCUT2D eigenvalue weighted by Crippen LogP contribution is 2.26. The Morgan fingerprint density at radius 1 is 1.33 bits per heavy atom. The number of aliphatic hydroxyl groups is 1. The van der Waals surface area contributed by atoms with E-state index in [4.69, 9.17) is 16.7 Å². The minimum Gasteiger partial charge on any atom is -0.391 e. The van der Waals surface area contributed by atoms with Gasteiger partial charge in [-0.3, -0.25) is 4.72 Å². The first-order valence-electron chi connectivity index (χ1n) is 4.98. The van der Waals surface area contributed by atoms with Gasteiger partial charge < -0.3 is 5.11 Å². The molecule has 2 rings (SSSR count). The number of nitrogens with one attached hydrogen (secondary N) is 1. The topological polar surface area (TPSA) is 66.4 Å². The summed E-state index contributed by atoms with van der Waals surface area (Å²) in [4.78, 5) is 0.714. The van der Waals surface area contributed by atoms with Crippen molar-refractivity contribution in [3.05, 3.63) is 45.6 Å². The Kier molecular flexibility index (Phi) is 3.91. The van der Waals surface area contributed by atoms with Crippen LogP contribution in [0, 0.1) is 0 Å². The van der Waals surface area contributed by atoms with Crippen molar-refractivity contribution in [1.82, 2.24) is 0 Å². The number of hydrogen-bond donors (Lipinski definition) is 2. The van der Waals surface area contributed by atoms with Crippen LogP contribution >= 0.6 is 22.9 Å². The van der Waals surface area contributed by atoms with Gasteiger partial charge in [0.1, 0.15) is 0 Å². The maximum atomic E-state index is 12.0. The average molecular weight is 304 g/mol. The first kappa shape index (κ1) is 13.4. The van der Waals surface area contributed by atoms with Crippen LogP contribution in [0.15, 0.2) is 40.6 Å². The number of rotatable bonds is 4. The van der Waals surface area contributed by atoms with Gasteiger partial charge in [-0.1, -0.05) is 23.7 Å². The Bertz CT molecular complexity index is 652. The molecule has 96 valence electrons. The van der Waals surface area contributed by atoms with Gasteiger partial charge in [0.15, 0.2) is 0 Å². The van der Waals surface area contributed by atoms with Crippen LogP contribution in [0.2, 0.25) is 5.02 Å². The molecule has 0 saturated carbocycles. The molecule has 0 amide bonds. The molecule has 4 nitrogen and oxygen atoms in total. The predicted molar refractivity (Wildman–Crippen MR) is 72.5 cm³/mol.